The Bertz CT molecular complexity index is 530. The van der Waals surface area contributed by atoms with Gasteiger partial charge in [0.25, 0.3) is 0 Å². The van der Waals surface area contributed by atoms with E-state index in [1.54, 1.807) is 0 Å². The third kappa shape index (κ3) is 2.47. The van der Waals surface area contributed by atoms with Crippen LogP contribution in [0.2, 0.25) is 0 Å². The molecule has 90 valence electrons. The van der Waals surface area contributed by atoms with Crippen LogP contribution in [-0.4, -0.2) is 17.0 Å². The molecule has 1 aromatic carbocycles. The number of aryl methyl sites for hydroxylation is 1. The molecular weight excluding hydrogens is 214 g/mol. The highest BCUT2D eigenvalue weighted by atomic mass is 16.1. The molecule has 1 amide bonds. The molecule has 0 radical (unpaired) electrons. The SMILES string of the molecule is Cn1cc(NC(=O)CCCN)c2ccccc21. The summed E-state index contributed by atoms with van der Waals surface area (Å²) < 4.78 is 2.01. The Morgan fingerprint density at radius 3 is 2.94 bits per heavy atom. The maximum atomic E-state index is 11.6. The molecule has 2 rings (SSSR count). The van der Waals surface area contributed by atoms with Gasteiger partial charge < -0.3 is 15.6 Å². The van der Waals surface area contributed by atoms with Crippen LogP contribution in [-0.2, 0) is 11.8 Å². The lowest BCUT2D eigenvalue weighted by Crippen LogP contribution is -2.13. The Labute approximate surface area is 100 Å². The van der Waals surface area contributed by atoms with E-state index in [1.807, 2.05) is 42.1 Å². The minimum Gasteiger partial charge on any atom is -0.348 e. The highest BCUT2D eigenvalue weighted by Crippen LogP contribution is 2.24. The third-order valence-corrected chi connectivity index (χ3v) is 2.78. The Kier molecular flexibility index (Phi) is 3.44. The molecule has 0 unspecified atom stereocenters. The average Bonchev–Trinajstić information content (AvgIpc) is 2.65. The topological polar surface area (TPSA) is 60.0 Å². The lowest BCUT2D eigenvalue weighted by atomic mass is 10.2. The smallest absolute Gasteiger partial charge is 0.224 e. The Morgan fingerprint density at radius 1 is 1.41 bits per heavy atom. The molecule has 0 saturated carbocycles. The van der Waals surface area contributed by atoms with Gasteiger partial charge in [0.15, 0.2) is 0 Å². The zero-order valence-electron chi connectivity index (χ0n) is 9.94. The van der Waals surface area contributed by atoms with E-state index in [-0.39, 0.29) is 5.91 Å². The lowest BCUT2D eigenvalue weighted by molar-refractivity contribution is -0.116. The molecule has 4 heteroatoms. The number of para-hydroxylation sites is 1. The van der Waals surface area contributed by atoms with E-state index in [0.717, 1.165) is 23.0 Å². The fraction of sp³-hybridized carbons (Fsp3) is 0.308. The number of aromatic nitrogens is 1. The molecule has 1 heterocycles. The molecule has 0 fully saturated rings. The number of nitrogens with zero attached hydrogens (tertiary/aromatic N) is 1. The van der Waals surface area contributed by atoms with Crippen molar-refractivity contribution in [2.75, 3.05) is 11.9 Å². The van der Waals surface area contributed by atoms with Crippen LogP contribution in [0.25, 0.3) is 10.9 Å². The van der Waals surface area contributed by atoms with Crippen LogP contribution in [0.5, 0.6) is 0 Å². The Balaban J connectivity index is 2.21. The van der Waals surface area contributed by atoms with E-state index in [0.29, 0.717) is 13.0 Å². The number of benzene rings is 1. The van der Waals surface area contributed by atoms with E-state index in [2.05, 4.69) is 5.32 Å². The number of hydrogen-bond donors (Lipinski definition) is 2. The van der Waals surface area contributed by atoms with Gasteiger partial charge in [0.1, 0.15) is 0 Å². The molecule has 17 heavy (non-hydrogen) atoms. The number of carbonyl (C=O) groups is 1. The predicted molar refractivity (Wildman–Crippen MR) is 69.8 cm³/mol. The van der Waals surface area contributed by atoms with Crippen LogP contribution in [0, 0.1) is 0 Å². The van der Waals surface area contributed by atoms with Gasteiger partial charge in [-0.15, -0.1) is 0 Å². The number of amides is 1. The van der Waals surface area contributed by atoms with Gasteiger partial charge in [-0.2, -0.15) is 0 Å². The van der Waals surface area contributed by atoms with Gasteiger partial charge in [-0.25, -0.2) is 0 Å². The normalized spacial score (nSPS) is 10.7. The van der Waals surface area contributed by atoms with Crippen LogP contribution in [0.3, 0.4) is 0 Å². The van der Waals surface area contributed by atoms with Gasteiger partial charge in [0.05, 0.1) is 5.69 Å². The molecule has 0 aliphatic rings. The minimum absolute atomic E-state index is 0.0202. The van der Waals surface area contributed by atoms with Crippen molar-refractivity contribution in [2.45, 2.75) is 12.8 Å². The Morgan fingerprint density at radius 2 is 2.18 bits per heavy atom. The zero-order valence-corrected chi connectivity index (χ0v) is 9.94. The molecule has 3 N–H and O–H groups in total. The average molecular weight is 231 g/mol. The van der Waals surface area contributed by atoms with Gasteiger partial charge in [0.2, 0.25) is 5.91 Å². The molecule has 0 saturated heterocycles. The predicted octanol–water partition coefficient (Wildman–Crippen LogP) is 1.86. The van der Waals surface area contributed by atoms with E-state index in [1.165, 1.54) is 0 Å². The van der Waals surface area contributed by atoms with Crippen LogP contribution in [0.4, 0.5) is 5.69 Å². The second-order valence-electron chi connectivity index (χ2n) is 4.11. The molecule has 1 aromatic heterocycles. The number of fused-ring (bicyclic) bond motifs is 1. The van der Waals surface area contributed by atoms with E-state index >= 15 is 0 Å². The first-order valence-electron chi connectivity index (χ1n) is 5.76. The molecule has 0 atom stereocenters. The summed E-state index contributed by atoms with van der Waals surface area (Å²) in [7, 11) is 1.97. The molecular formula is C13H17N3O. The number of hydrogen-bond acceptors (Lipinski definition) is 2. The van der Waals surface area contributed by atoms with Crippen molar-refractivity contribution in [1.29, 1.82) is 0 Å². The molecule has 4 nitrogen and oxygen atoms in total. The second kappa shape index (κ2) is 5.01. The quantitative estimate of drug-likeness (QED) is 0.843. The molecule has 0 aliphatic heterocycles. The largest absolute Gasteiger partial charge is 0.348 e. The fourth-order valence-corrected chi connectivity index (χ4v) is 1.92. The summed E-state index contributed by atoms with van der Waals surface area (Å²) in [5, 5.41) is 3.99. The number of nitrogens with two attached hydrogens (primary N) is 1. The van der Waals surface area contributed by atoms with Gasteiger partial charge in [-0.1, -0.05) is 18.2 Å². The van der Waals surface area contributed by atoms with Gasteiger partial charge in [0, 0.05) is 30.6 Å². The van der Waals surface area contributed by atoms with Gasteiger partial charge in [-0.05, 0) is 19.0 Å². The van der Waals surface area contributed by atoms with Crippen molar-refractivity contribution in [1.82, 2.24) is 4.57 Å². The summed E-state index contributed by atoms with van der Waals surface area (Å²) in [5.41, 5.74) is 7.36. The van der Waals surface area contributed by atoms with E-state index in [9.17, 15) is 4.79 Å². The van der Waals surface area contributed by atoms with Crippen LogP contribution < -0.4 is 11.1 Å². The second-order valence-corrected chi connectivity index (χ2v) is 4.11. The number of rotatable bonds is 4. The number of carbonyl (C=O) groups excluding carboxylic acids is 1. The standard InChI is InChI=1S/C13H17N3O/c1-16-9-11(15-13(17)7-4-8-14)10-5-2-3-6-12(10)16/h2-3,5-6,9H,4,7-8,14H2,1H3,(H,15,17). The first-order chi connectivity index (χ1) is 8.22. The van der Waals surface area contributed by atoms with Crippen molar-refractivity contribution < 1.29 is 4.79 Å². The maximum Gasteiger partial charge on any atom is 0.224 e. The van der Waals surface area contributed by atoms with Crippen molar-refractivity contribution in [3.05, 3.63) is 30.5 Å². The van der Waals surface area contributed by atoms with E-state index in [4.69, 9.17) is 5.73 Å². The molecule has 0 spiro atoms. The summed E-state index contributed by atoms with van der Waals surface area (Å²) in [6.45, 7) is 0.545. The third-order valence-electron chi connectivity index (χ3n) is 2.78. The monoisotopic (exact) mass is 231 g/mol. The van der Waals surface area contributed by atoms with Gasteiger partial charge >= 0.3 is 0 Å². The van der Waals surface area contributed by atoms with Crippen molar-refractivity contribution in [3.8, 4) is 0 Å². The molecule has 0 aliphatic carbocycles. The Hall–Kier alpha value is -1.81. The lowest BCUT2D eigenvalue weighted by Gasteiger charge is -2.02. The van der Waals surface area contributed by atoms with Crippen LogP contribution in [0.1, 0.15) is 12.8 Å². The summed E-state index contributed by atoms with van der Waals surface area (Å²) in [6, 6.07) is 8.00. The molecule has 2 aromatic rings. The number of anilines is 1. The fourth-order valence-electron chi connectivity index (χ4n) is 1.92. The van der Waals surface area contributed by atoms with Crippen LogP contribution in [0.15, 0.2) is 30.5 Å². The van der Waals surface area contributed by atoms with Crippen molar-refractivity contribution in [3.63, 3.8) is 0 Å². The first kappa shape index (κ1) is 11.7. The zero-order chi connectivity index (χ0) is 12.3. The summed E-state index contributed by atoms with van der Waals surface area (Å²) in [6.07, 6.45) is 3.13. The highest BCUT2D eigenvalue weighted by molar-refractivity contribution is 6.01. The summed E-state index contributed by atoms with van der Waals surface area (Å²) >= 11 is 0. The van der Waals surface area contributed by atoms with Gasteiger partial charge in [-0.3, -0.25) is 4.79 Å². The highest BCUT2D eigenvalue weighted by Gasteiger charge is 2.08. The minimum atomic E-state index is 0.0202. The first-order valence-corrected chi connectivity index (χ1v) is 5.76. The van der Waals surface area contributed by atoms with Crippen molar-refractivity contribution in [2.24, 2.45) is 12.8 Å². The van der Waals surface area contributed by atoms with Crippen molar-refractivity contribution >= 4 is 22.5 Å². The summed E-state index contributed by atoms with van der Waals surface area (Å²) in [4.78, 5) is 11.6. The molecule has 0 bridgehead atoms. The number of nitrogens with one attached hydrogen (secondary N) is 1. The van der Waals surface area contributed by atoms with Crippen LogP contribution >= 0.6 is 0 Å². The summed E-state index contributed by atoms with van der Waals surface area (Å²) in [5.74, 6) is 0.0202. The van der Waals surface area contributed by atoms with E-state index < -0.39 is 0 Å². The maximum absolute atomic E-state index is 11.6.